The Morgan fingerprint density at radius 1 is 1.45 bits per heavy atom. The highest BCUT2D eigenvalue weighted by Gasteiger charge is 2.34. The lowest BCUT2D eigenvalue weighted by molar-refractivity contribution is -0.144. The quantitative estimate of drug-likeness (QED) is 0.828. The van der Waals surface area contributed by atoms with E-state index in [0.29, 0.717) is 11.3 Å². The molecular formula is C17H20BrNO3. The molecule has 0 unspecified atom stereocenters. The Hall–Kier alpha value is -1.62. The lowest BCUT2D eigenvalue weighted by Gasteiger charge is -2.28. The first-order valence-electron chi connectivity index (χ1n) is 7.40. The molecule has 0 radical (unpaired) electrons. The molecule has 0 saturated heterocycles. The largest absolute Gasteiger partial charge is 0.459 e. The van der Waals surface area contributed by atoms with Gasteiger partial charge >= 0.3 is 5.97 Å². The highest BCUT2D eigenvalue weighted by atomic mass is 79.9. The van der Waals surface area contributed by atoms with E-state index in [2.05, 4.69) is 21.2 Å². The second kappa shape index (κ2) is 7.09. The van der Waals surface area contributed by atoms with E-state index in [4.69, 9.17) is 4.74 Å². The minimum Gasteiger partial charge on any atom is -0.459 e. The molecule has 118 valence electrons. The number of ether oxygens (including phenoxy) is 1. The van der Waals surface area contributed by atoms with Crippen molar-refractivity contribution in [1.82, 2.24) is 5.32 Å². The van der Waals surface area contributed by atoms with Gasteiger partial charge in [-0.05, 0) is 31.9 Å². The molecule has 1 aromatic rings. The minimum absolute atomic E-state index is 0.0849. The topological polar surface area (TPSA) is 55.4 Å². The van der Waals surface area contributed by atoms with Gasteiger partial charge in [-0.2, -0.15) is 0 Å². The van der Waals surface area contributed by atoms with Crippen molar-refractivity contribution in [3.8, 4) is 0 Å². The van der Waals surface area contributed by atoms with Gasteiger partial charge in [0.15, 0.2) is 0 Å². The number of halogens is 1. The van der Waals surface area contributed by atoms with E-state index in [1.54, 1.807) is 6.92 Å². The number of hydrogen-bond acceptors (Lipinski definition) is 3. The molecular weight excluding hydrogens is 346 g/mol. The summed E-state index contributed by atoms with van der Waals surface area (Å²) >= 11 is 3.51. The summed E-state index contributed by atoms with van der Waals surface area (Å²) in [6, 6.07) is 7.65. The van der Waals surface area contributed by atoms with Crippen LogP contribution in [0.3, 0.4) is 0 Å². The summed E-state index contributed by atoms with van der Waals surface area (Å²) in [6.45, 7) is 5.57. The second-order valence-electron chi connectivity index (χ2n) is 5.49. The first kappa shape index (κ1) is 16.7. The SMILES string of the molecule is CC[C@@H](C)OC(=O)C1=C(C)NC(=O)C[C@@H]1c1ccccc1Br. The van der Waals surface area contributed by atoms with Crippen molar-refractivity contribution >= 4 is 27.8 Å². The zero-order chi connectivity index (χ0) is 16.3. The lowest BCUT2D eigenvalue weighted by Crippen LogP contribution is -2.35. The Balaban J connectivity index is 2.41. The molecule has 1 heterocycles. The molecule has 1 N–H and O–H groups in total. The van der Waals surface area contributed by atoms with Gasteiger partial charge in [0.1, 0.15) is 0 Å². The van der Waals surface area contributed by atoms with Crippen LogP contribution in [0.1, 0.15) is 45.1 Å². The van der Waals surface area contributed by atoms with Gasteiger partial charge in [-0.3, -0.25) is 4.79 Å². The Morgan fingerprint density at radius 3 is 2.77 bits per heavy atom. The molecule has 0 aliphatic carbocycles. The van der Waals surface area contributed by atoms with Crippen LogP contribution < -0.4 is 5.32 Å². The second-order valence-corrected chi connectivity index (χ2v) is 6.34. The van der Waals surface area contributed by atoms with Crippen LogP contribution in [0.15, 0.2) is 40.0 Å². The molecule has 2 rings (SSSR count). The number of hydrogen-bond donors (Lipinski definition) is 1. The third-order valence-corrected chi connectivity index (χ3v) is 4.57. The number of carbonyl (C=O) groups excluding carboxylic acids is 2. The van der Waals surface area contributed by atoms with Gasteiger partial charge in [0.2, 0.25) is 5.91 Å². The van der Waals surface area contributed by atoms with Crippen molar-refractivity contribution in [3.05, 3.63) is 45.6 Å². The number of allylic oxidation sites excluding steroid dienone is 1. The van der Waals surface area contributed by atoms with E-state index in [0.717, 1.165) is 16.5 Å². The van der Waals surface area contributed by atoms with Crippen LogP contribution in [0.25, 0.3) is 0 Å². The van der Waals surface area contributed by atoms with Gasteiger partial charge in [0.25, 0.3) is 0 Å². The monoisotopic (exact) mass is 365 g/mol. The van der Waals surface area contributed by atoms with Gasteiger partial charge in [-0.15, -0.1) is 0 Å². The minimum atomic E-state index is -0.354. The van der Waals surface area contributed by atoms with Gasteiger partial charge < -0.3 is 10.1 Å². The smallest absolute Gasteiger partial charge is 0.336 e. The first-order valence-corrected chi connectivity index (χ1v) is 8.19. The van der Waals surface area contributed by atoms with Crippen molar-refractivity contribution in [3.63, 3.8) is 0 Å². The zero-order valence-electron chi connectivity index (χ0n) is 13.0. The van der Waals surface area contributed by atoms with Crippen LogP contribution >= 0.6 is 15.9 Å². The molecule has 0 fully saturated rings. The Kier molecular flexibility index (Phi) is 5.40. The summed E-state index contributed by atoms with van der Waals surface area (Å²) < 4.78 is 6.36. The molecule has 1 amide bonds. The highest BCUT2D eigenvalue weighted by molar-refractivity contribution is 9.10. The molecule has 0 saturated carbocycles. The molecule has 2 atom stereocenters. The van der Waals surface area contributed by atoms with Crippen molar-refractivity contribution in [2.24, 2.45) is 0 Å². The Morgan fingerprint density at radius 2 is 2.14 bits per heavy atom. The molecule has 4 nitrogen and oxygen atoms in total. The average Bonchev–Trinajstić information content (AvgIpc) is 2.46. The summed E-state index contributed by atoms with van der Waals surface area (Å²) in [5, 5.41) is 2.75. The third-order valence-electron chi connectivity index (χ3n) is 3.85. The van der Waals surface area contributed by atoms with E-state index in [1.165, 1.54) is 0 Å². The molecule has 0 bridgehead atoms. The summed E-state index contributed by atoms with van der Waals surface area (Å²) in [4.78, 5) is 24.4. The number of amides is 1. The predicted molar refractivity (Wildman–Crippen MR) is 88.2 cm³/mol. The van der Waals surface area contributed by atoms with E-state index < -0.39 is 0 Å². The maximum Gasteiger partial charge on any atom is 0.336 e. The fraction of sp³-hybridized carbons (Fsp3) is 0.412. The molecule has 0 aromatic heterocycles. The van der Waals surface area contributed by atoms with Crippen molar-refractivity contribution in [2.45, 2.75) is 45.6 Å². The number of rotatable bonds is 4. The summed E-state index contributed by atoms with van der Waals surface area (Å²) in [5.74, 6) is -0.730. The molecule has 1 aliphatic heterocycles. The summed E-state index contributed by atoms with van der Waals surface area (Å²) in [5.41, 5.74) is 2.03. The molecule has 22 heavy (non-hydrogen) atoms. The van der Waals surface area contributed by atoms with Crippen LogP contribution in [0, 0.1) is 0 Å². The summed E-state index contributed by atoms with van der Waals surface area (Å²) in [7, 11) is 0. The van der Waals surface area contributed by atoms with Crippen LogP contribution in [0.2, 0.25) is 0 Å². The predicted octanol–water partition coefficient (Wildman–Crippen LogP) is 3.67. The zero-order valence-corrected chi connectivity index (χ0v) is 14.6. The fourth-order valence-electron chi connectivity index (χ4n) is 2.52. The Bertz CT molecular complexity index is 624. The third kappa shape index (κ3) is 3.58. The van der Waals surface area contributed by atoms with Crippen molar-refractivity contribution in [2.75, 3.05) is 0 Å². The van der Waals surface area contributed by atoms with Crippen LogP contribution in [0.5, 0.6) is 0 Å². The van der Waals surface area contributed by atoms with Crippen LogP contribution in [0.4, 0.5) is 0 Å². The molecule has 1 aliphatic rings. The number of benzene rings is 1. The molecule has 1 aromatic carbocycles. The van der Waals surface area contributed by atoms with E-state index in [-0.39, 0.29) is 30.3 Å². The van der Waals surface area contributed by atoms with Crippen molar-refractivity contribution in [1.29, 1.82) is 0 Å². The first-order chi connectivity index (χ1) is 10.4. The maximum atomic E-state index is 12.5. The molecule has 0 spiro atoms. The van der Waals surface area contributed by atoms with E-state index in [9.17, 15) is 9.59 Å². The van der Waals surface area contributed by atoms with Crippen LogP contribution in [-0.4, -0.2) is 18.0 Å². The maximum absolute atomic E-state index is 12.5. The van der Waals surface area contributed by atoms with Gasteiger partial charge in [0, 0.05) is 22.5 Å². The number of carbonyl (C=O) groups is 2. The lowest BCUT2D eigenvalue weighted by atomic mass is 9.84. The van der Waals surface area contributed by atoms with Gasteiger partial charge in [-0.25, -0.2) is 4.79 Å². The standard InChI is InChI=1S/C17H20BrNO3/c1-4-10(2)22-17(21)16-11(3)19-15(20)9-13(16)12-7-5-6-8-14(12)18/h5-8,10,13H,4,9H2,1-3H3,(H,19,20)/t10-,13-/m1/s1. The average molecular weight is 366 g/mol. The van der Waals surface area contributed by atoms with Crippen LogP contribution in [-0.2, 0) is 14.3 Å². The van der Waals surface area contributed by atoms with Gasteiger partial charge in [0.05, 0.1) is 11.7 Å². The molecule has 5 heteroatoms. The van der Waals surface area contributed by atoms with Crippen molar-refractivity contribution < 1.29 is 14.3 Å². The van der Waals surface area contributed by atoms with Gasteiger partial charge in [-0.1, -0.05) is 41.1 Å². The highest BCUT2D eigenvalue weighted by Crippen LogP contribution is 2.37. The fourth-order valence-corrected chi connectivity index (χ4v) is 3.09. The van der Waals surface area contributed by atoms with E-state index in [1.807, 2.05) is 38.1 Å². The normalized spacial score (nSPS) is 19.6. The Labute approximate surface area is 139 Å². The summed E-state index contributed by atoms with van der Waals surface area (Å²) in [6.07, 6.45) is 0.847. The number of nitrogens with one attached hydrogen (secondary N) is 1. The number of esters is 1. The van der Waals surface area contributed by atoms with E-state index >= 15 is 0 Å².